The summed E-state index contributed by atoms with van der Waals surface area (Å²) in [6, 6.07) is -1.61. The molecule has 0 heterocycles. The number of carbonyl (C=O) groups is 3. The number of nitrogens with one attached hydrogen (secondary N) is 2. The average molecular weight is 291 g/mol. The summed E-state index contributed by atoms with van der Waals surface area (Å²) in [6.07, 6.45) is 0.741. The van der Waals surface area contributed by atoms with Crippen molar-refractivity contribution in [3.05, 3.63) is 0 Å². The van der Waals surface area contributed by atoms with Gasteiger partial charge >= 0.3 is 5.97 Å². The molecule has 110 valence electrons. The van der Waals surface area contributed by atoms with Gasteiger partial charge in [0.2, 0.25) is 11.8 Å². The van der Waals surface area contributed by atoms with Crippen molar-refractivity contribution in [3.8, 4) is 0 Å². The molecule has 0 aromatic heterocycles. The molecule has 7 nitrogen and oxygen atoms in total. The summed E-state index contributed by atoms with van der Waals surface area (Å²) in [5.41, 5.74) is 5.73. The summed E-state index contributed by atoms with van der Waals surface area (Å²) < 4.78 is 0. The number of aliphatic carboxylic acids is 1. The molecule has 8 heteroatoms. The van der Waals surface area contributed by atoms with Crippen LogP contribution in [0.25, 0.3) is 0 Å². The van der Waals surface area contributed by atoms with Crippen LogP contribution < -0.4 is 16.4 Å². The second kappa shape index (κ2) is 8.76. The van der Waals surface area contributed by atoms with E-state index in [0.717, 1.165) is 6.42 Å². The molecule has 2 amide bonds. The third kappa shape index (κ3) is 6.44. The van der Waals surface area contributed by atoms with E-state index in [0.29, 0.717) is 0 Å². The first-order valence-electron chi connectivity index (χ1n) is 5.99. The molecular formula is C11H21N3O4S. The zero-order valence-corrected chi connectivity index (χ0v) is 11.9. The summed E-state index contributed by atoms with van der Waals surface area (Å²) in [7, 11) is 0. The van der Waals surface area contributed by atoms with E-state index >= 15 is 0 Å². The standard InChI is InChI=1S/C11H21N3O4S/c1-3-6(2)9(12)11(18)14-7(5-19)10(17)13-4-8(15)16/h6-7,9,19H,3-5,12H2,1-2H3,(H,13,17)(H,14,18)(H,15,16). The van der Waals surface area contributed by atoms with E-state index in [4.69, 9.17) is 10.8 Å². The van der Waals surface area contributed by atoms with E-state index in [-0.39, 0.29) is 11.7 Å². The molecule has 3 unspecified atom stereocenters. The molecule has 0 radical (unpaired) electrons. The molecule has 0 saturated carbocycles. The van der Waals surface area contributed by atoms with Crippen molar-refractivity contribution in [1.82, 2.24) is 10.6 Å². The van der Waals surface area contributed by atoms with Crippen molar-refractivity contribution in [1.29, 1.82) is 0 Å². The number of carboxylic acids is 1. The Bertz CT molecular complexity index is 338. The molecule has 0 spiro atoms. The van der Waals surface area contributed by atoms with Crippen LogP contribution in [-0.4, -0.2) is 47.3 Å². The van der Waals surface area contributed by atoms with E-state index in [9.17, 15) is 14.4 Å². The summed E-state index contributed by atoms with van der Waals surface area (Å²) in [6.45, 7) is 3.24. The maximum absolute atomic E-state index is 11.8. The quantitative estimate of drug-likeness (QED) is 0.366. The fourth-order valence-electron chi connectivity index (χ4n) is 1.26. The van der Waals surface area contributed by atoms with Gasteiger partial charge in [-0.25, -0.2) is 0 Å². The number of amides is 2. The van der Waals surface area contributed by atoms with Gasteiger partial charge in [-0.2, -0.15) is 12.6 Å². The molecular weight excluding hydrogens is 270 g/mol. The monoisotopic (exact) mass is 291 g/mol. The highest BCUT2D eigenvalue weighted by molar-refractivity contribution is 7.80. The van der Waals surface area contributed by atoms with Gasteiger partial charge in [0.25, 0.3) is 0 Å². The normalized spacial score (nSPS) is 15.2. The van der Waals surface area contributed by atoms with Gasteiger partial charge in [-0.3, -0.25) is 14.4 Å². The number of thiol groups is 1. The Morgan fingerprint density at radius 2 is 1.89 bits per heavy atom. The lowest BCUT2D eigenvalue weighted by atomic mass is 9.99. The van der Waals surface area contributed by atoms with E-state index in [1.807, 2.05) is 13.8 Å². The Kier molecular flexibility index (Phi) is 8.17. The Morgan fingerprint density at radius 1 is 1.32 bits per heavy atom. The third-order valence-corrected chi connectivity index (χ3v) is 3.15. The van der Waals surface area contributed by atoms with Gasteiger partial charge in [0.15, 0.2) is 0 Å². The molecule has 0 fully saturated rings. The van der Waals surface area contributed by atoms with Crippen molar-refractivity contribution >= 4 is 30.4 Å². The highest BCUT2D eigenvalue weighted by Crippen LogP contribution is 2.05. The van der Waals surface area contributed by atoms with Crippen LogP contribution in [0, 0.1) is 5.92 Å². The highest BCUT2D eigenvalue weighted by Gasteiger charge is 2.25. The van der Waals surface area contributed by atoms with Gasteiger partial charge < -0.3 is 21.5 Å². The van der Waals surface area contributed by atoms with Crippen LogP contribution >= 0.6 is 12.6 Å². The Morgan fingerprint density at radius 3 is 2.32 bits per heavy atom. The van der Waals surface area contributed by atoms with Gasteiger partial charge in [-0.1, -0.05) is 20.3 Å². The lowest BCUT2D eigenvalue weighted by Gasteiger charge is -2.21. The number of rotatable bonds is 8. The van der Waals surface area contributed by atoms with Crippen LogP contribution in [0.4, 0.5) is 0 Å². The summed E-state index contributed by atoms with van der Waals surface area (Å²) >= 11 is 3.95. The number of carboxylic acid groups (broad SMARTS) is 1. The number of hydrogen-bond donors (Lipinski definition) is 5. The van der Waals surface area contributed by atoms with Crippen LogP contribution in [0.15, 0.2) is 0 Å². The Hall–Kier alpha value is -1.28. The summed E-state index contributed by atoms with van der Waals surface area (Å²) in [5, 5.41) is 13.1. The van der Waals surface area contributed by atoms with Gasteiger partial charge in [0.1, 0.15) is 12.6 Å². The minimum Gasteiger partial charge on any atom is -0.480 e. The first kappa shape index (κ1) is 17.7. The summed E-state index contributed by atoms with van der Waals surface area (Å²) in [5.74, 6) is -2.15. The van der Waals surface area contributed by atoms with Crippen molar-refractivity contribution in [2.24, 2.45) is 11.7 Å². The molecule has 0 rings (SSSR count). The molecule has 3 atom stereocenters. The Balaban J connectivity index is 4.42. The van der Waals surface area contributed by atoms with E-state index in [2.05, 4.69) is 23.3 Å². The molecule has 5 N–H and O–H groups in total. The van der Waals surface area contributed by atoms with Crippen LogP contribution in [0.3, 0.4) is 0 Å². The van der Waals surface area contributed by atoms with Gasteiger partial charge in [-0.15, -0.1) is 0 Å². The average Bonchev–Trinajstić information content (AvgIpc) is 2.39. The van der Waals surface area contributed by atoms with Gasteiger partial charge in [0, 0.05) is 5.75 Å². The largest absolute Gasteiger partial charge is 0.480 e. The highest BCUT2D eigenvalue weighted by atomic mass is 32.1. The Labute approximate surface area is 117 Å². The van der Waals surface area contributed by atoms with Gasteiger partial charge in [0.05, 0.1) is 6.04 Å². The van der Waals surface area contributed by atoms with Crippen LogP contribution in [-0.2, 0) is 14.4 Å². The second-order valence-corrected chi connectivity index (χ2v) is 4.63. The van der Waals surface area contributed by atoms with E-state index < -0.39 is 36.4 Å². The fourth-order valence-corrected chi connectivity index (χ4v) is 1.52. The predicted octanol–water partition coefficient (Wildman–Crippen LogP) is -1.02. The molecule has 0 aliphatic heterocycles. The van der Waals surface area contributed by atoms with Crippen molar-refractivity contribution in [3.63, 3.8) is 0 Å². The smallest absolute Gasteiger partial charge is 0.322 e. The lowest BCUT2D eigenvalue weighted by molar-refractivity contribution is -0.138. The van der Waals surface area contributed by atoms with Gasteiger partial charge in [-0.05, 0) is 5.92 Å². The first-order chi connectivity index (χ1) is 8.83. The number of nitrogens with two attached hydrogens (primary N) is 1. The molecule has 0 aliphatic rings. The fraction of sp³-hybridized carbons (Fsp3) is 0.727. The minimum atomic E-state index is -1.16. The molecule has 0 aromatic rings. The third-order valence-electron chi connectivity index (χ3n) is 2.79. The number of hydrogen-bond acceptors (Lipinski definition) is 5. The minimum absolute atomic E-state index is 0.0114. The van der Waals surface area contributed by atoms with E-state index in [1.165, 1.54) is 0 Å². The van der Waals surface area contributed by atoms with Crippen LogP contribution in [0.2, 0.25) is 0 Å². The second-order valence-electron chi connectivity index (χ2n) is 4.27. The van der Waals surface area contributed by atoms with Crippen LogP contribution in [0.1, 0.15) is 20.3 Å². The zero-order chi connectivity index (χ0) is 15.0. The zero-order valence-electron chi connectivity index (χ0n) is 11.0. The molecule has 0 saturated heterocycles. The summed E-state index contributed by atoms with van der Waals surface area (Å²) in [4.78, 5) is 33.7. The molecule has 0 bridgehead atoms. The van der Waals surface area contributed by atoms with E-state index in [1.54, 1.807) is 0 Å². The topological polar surface area (TPSA) is 122 Å². The van der Waals surface area contributed by atoms with Crippen molar-refractivity contribution in [2.75, 3.05) is 12.3 Å². The maximum atomic E-state index is 11.8. The number of carbonyl (C=O) groups excluding carboxylic acids is 2. The maximum Gasteiger partial charge on any atom is 0.322 e. The lowest BCUT2D eigenvalue weighted by Crippen LogP contribution is -2.54. The molecule has 19 heavy (non-hydrogen) atoms. The predicted molar refractivity (Wildman–Crippen MR) is 73.9 cm³/mol. The van der Waals surface area contributed by atoms with Crippen LogP contribution in [0.5, 0.6) is 0 Å². The first-order valence-corrected chi connectivity index (χ1v) is 6.63. The SMILES string of the molecule is CCC(C)C(N)C(=O)NC(CS)C(=O)NCC(=O)O. The molecule has 0 aromatic carbocycles. The van der Waals surface area contributed by atoms with Crippen molar-refractivity contribution < 1.29 is 19.5 Å². The molecule has 0 aliphatic carbocycles. The van der Waals surface area contributed by atoms with Crippen molar-refractivity contribution in [2.45, 2.75) is 32.4 Å².